The van der Waals surface area contributed by atoms with Crippen LogP contribution in [0.15, 0.2) is 59.5 Å². The van der Waals surface area contributed by atoms with Crippen molar-refractivity contribution >= 4 is 11.8 Å². The molecule has 2 heterocycles. The summed E-state index contributed by atoms with van der Waals surface area (Å²) in [5, 5.41) is 27.0. The van der Waals surface area contributed by atoms with Crippen molar-refractivity contribution in [2.45, 2.75) is 19.3 Å². The number of H-pyrrole nitrogens is 1. The van der Waals surface area contributed by atoms with Crippen molar-refractivity contribution in [2.75, 3.05) is 20.4 Å². The zero-order valence-electron chi connectivity index (χ0n) is 21.6. The third kappa shape index (κ3) is 7.46. The van der Waals surface area contributed by atoms with E-state index in [0.29, 0.717) is 5.56 Å². The van der Waals surface area contributed by atoms with E-state index in [9.17, 15) is 9.18 Å². The van der Waals surface area contributed by atoms with Crippen LogP contribution in [0.5, 0.6) is 11.5 Å². The number of alkyl halides is 1. The van der Waals surface area contributed by atoms with Crippen molar-refractivity contribution in [1.29, 1.82) is 5.41 Å². The van der Waals surface area contributed by atoms with Crippen molar-refractivity contribution < 1.29 is 28.2 Å². The zero-order chi connectivity index (χ0) is 29.2. The highest BCUT2D eigenvalue weighted by molar-refractivity contribution is 5.94. The molecule has 1 atom stereocenters. The number of aromatic amines is 1. The average Bonchev–Trinajstić information content (AvgIpc) is 3.33. The number of hydrogen-bond acceptors (Lipinski definition) is 8. The maximum Gasteiger partial charge on any atom is 0.349 e. The van der Waals surface area contributed by atoms with Crippen molar-refractivity contribution in [3.8, 4) is 17.3 Å². The molecule has 0 fully saturated rings. The van der Waals surface area contributed by atoms with Crippen LogP contribution in [0.4, 0.5) is 8.78 Å². The van der Waals surface area contributed by atoms with Crippen molar-refractivity contribution in [2.24, 2.45) is 5.73 Å². The molecule has 0 amide bonds. The highest BCUT2D eigenvalue weighted by atomic mass is 19.1. The highest BCUT2D eigenvalue weighted by Crippen LogP contribution is 2.36. The van der Waals surface area contributed by atoms with Crippen molar-refractivity contribution in [3.05, 3.63) is 93.5 Å². The van der Waals surface area contributed by atoms with Crippen LogP contribution in [-0.4, -0.2) is 62.3 Å². The minimum atomic E-state index is -0.833. The Labute approximate surface area is 226 Å². The van der Waals surface area contributed by atoms with E-state index in [4.69, 9.17) is 30.5 Å². The second-order valence-corrected chi connectivity index (χ2v) is 8.26. The molecule has 0 aliphatic heterocycles. The number of amidine groups is 1. The Balaban J connectivity index is 0.00000103. The summed E-state index contributed by atoms with van der Waals surface area (Å²) in [5.41, 5.74) is 6.38. The first-order chi connectivity index (χ1) is 19.1. The molecule has 0 spiro atoms. The quantitative estimate of drug-likeness (QED) is 0.169. The number of aliphatic carboxylic acids is 1. The van der Waals surface area contributed by atoms with E-state index in [0.717, 1.165) is 17.2 Å². The SMILES string of the molecule is CC(=O)O.COc1cc(OCCF)c(F)c(C(Cc2ccc(C(=N)N)cc2)c2nn(-c3cccnn3)c(=O)[nH]2)c1. The number of nitrogen functional groups attached to an aromatic ring is 1. The molecular weight excluding hydrogens is 528 g/mol. The van der Waals surface area contributed by atoms with Gasteiger partial charge in [0, 0.05) is 30.3 Å². The van der Waals surface area contributed by atoms with Gasteiger partial charge >= 0.3 is 5.69 Å². The summed E-state index contributed by atoms with van der Waals surface area (Å²) in [5.74, 6) is -2.01. The summed E-state index contributed by atoms with van der Waals surface area (Å²) in [6, 6.07) is 12.8. The largest absolute Gasteiger partial charge is 0.497 e. The van der Waals surface area contributed by atoms with E-state index >= 15 is 4.39 Å². The summed E-state index contributed by atoms with van der Waals surface area (Å²) in [4.78, 5) is 24.4. The number of carboxylic acids is 1. The second-order valence-electron chi connectivity index (χ2n) is 8.26. The number of nitrogens with one attached hydrogen (secondary N) is 2. The zero-order valence-corrected chi connectivity index (χ0v) is 21.6. The average molecular weight is 556 g/mol. The van der Waals surface area contributed by atoms with Gasteiger partial charge in [-0.2, -0.15) is 9.78 Å². The van der Waals surface area contributed by atoms with E-state index in [1.807, 2.05) is 0 Å². The maximum atomic E-state index is 15.7. The van der Waals surface area contributed by atoms with Crippen LogP contribution in [-0.2, 0) is 11.2 Å². The molecule has 1 unspecified atom stereocenters. The molecule has 0 saturated heterocycles. The summed E-state index contributed by atoms with van der Waals surface area (Å²) < 4.78 is 40.0. The van der Waals surface area contributed by atoms with Crippen LogP contribution in [0.3, 0.4) is 0 Å². The number of ether oxygens (including phenoxy) is 2. The summed E-state index contributed by atoms with van der Waals surface area (Å²) >= 11 is 0. The van der Waals surface area contributed by atoms with E-state index in [1.54, 1.807) is 36.4 Å². The Kier molecular flexibility index (Phi) is 10.00. The predicted molar refractivity (Wildman–Crippen MR) is 141 cm³/mol. The van der Waals surface area contributed by atoms with Gasteiger partial charge in [-0.25, -0.2) is 13.6 Å². The fourth-order valence-electron chi connectivity index (χ4n) is 3.69. The molecule has 4 aromatic rings. The number of halogens is 2. The van der Waals surface area contributed by atoms with Crippen molar-refractivity contribution in [3.63, 3.8) is 0 Å². The molecule has 2 aromatic heterocycles. The minimum Gasteiger partial charge on any atom is -0.497 e. The van der Waals surface area contributed by atoms with Gasteiger partial charge in [-0.3, -0.25) is 15.2 Å². The van der Waals surface area contributed by atoms with Crippen LogP contribution >= 0.6 is 0 Å². The van der Waals surface area contributed by atoms with Gasteiger partial charge in [-0.05, 0) is 30.2 Å². The second kappa shape index (κ2) is 13.6. The van der Waals surface area contributed by atoms with Gasteiger partial charge in [0.15, 0.2) is 17.4 Å². The van der Waals surface area contributed by atoms with E-state index in [1.165, 1.54) is 25.4 Å². The molecule has 14 heteroatoms. The molecule has 0 radical (unpaired) electrons. The first-order valence-corrected chi connectivity index (χ1v) is 11.8. The molecule has 210 valence electrons. The number of carboxylic acid groups (broad SMARTS) is 1. The molecule has 0 bridgehead atoms. The van der Waals surface area contributed by atoms with Gasteiger partial charge in [-0.1, -0.05) is 24.3 Å². The lowest BCUT2D eigenvalue weighted by molar-refractivity contribution is -0.134. The van der Waals surface area contributed by atoms with E-state index in [2.05, 4.69) is 20.3 Å². The van der Waals surface area contributed by atoms with Crippen LogP contribution in [0.1, 0.15) is 35.4 Å². The number of aromatic nitrogens is 5. The monoisotopic (exact) mass is 555 g/mol. The summed E-state index contributed by atoms with van der Waals surface area (Å²) in [7, 11) is 1.41. The predicted octanol–water partition coefficient (Wildman–Crippen LogP) is 2.60. The lowest BCUT2D eigenvalue weighted by atomic mass is 9.90. The molecule has 5 N–H and O–H groups in total. The first kappa shape index (κ1) is 29.4. The highest BCUT2D eigenvalue weighted by Gasteiger charge is 2.27. The molecule has 4 rings (SSSR count). The summed E-state index contributed by atoms with van der Waals surface area (Å²) in [6.07, 6.45) is 1.67. The van der Waals surface area contributed by atoms with Gasteiger partial charge in [0.05, 0.1) is 13.0 Å². The molecule has 2 aromatic carbocycles. The van der Waals surface area contributed by atoms with Gasteiger partial charge in [0.2, 0.25) is 0 Å². The van der Waals surface area contributed by atoms with E-state index < -0.39 is 30.1 Å². The number of nitrogens with zero attached hydrogens (tertiary/aromatic N) is 4. The fraction of sp³-hybridized carbons (Fsp3) is 0.231. The fourth-order valence-corrected chi connectivity index (χ4v) is 3.69. The standard InChI is InChI=1S/C24H23F2N7O3.C2H4O2/c1-35-16-12-17(21(26)19(13-16)36-10-8-25)18(11-14-4-6-15(7-5-14)22(27)28)23-30-24(34)33(32-23)20-3-2-9-29-31-20;1-2(3)4/h2-7,9,12-13,18H,8,10-11H2,1H3,(H3,27,28)(H,30,32,34);1H3,(H,3,4). The van der Waals surface area contributed by atoms with Gasteiger partial charge < -0.3 is 20.3 Å². The molecule has 0 aliphatic rings. The first-order valence-electron chi connectivity index (χ1n) is 11.8. The van der Waals surface area contributed by atoms with Gasteiger partial charge in [0.25, 0.3) is 5.97 Å². The third-order valence-electron chi connectivity index (χ3n) is 5.43. The van der Waals surface area contributed by atoms with Crippen LogP contribution in [0, 0.1) is 11.2 Å². The number of hydrogen-bond donors (Lipinski definition) is 4. The number of rotatable bonds is 10. The number of methoxy groups -OCH3 is 1. The Morgan fingerprint density at radius 2 is 1.95 bits per heavy atom. The number of carbonyl (C=O) groups is 1. The molecule has 12 nitrogen and oxygen atoms in total. The van der Waals surface area contributed by atoms with Crippen molar-refractivity contribution in [1.82, 2.24) is 25.0 Å². The Morgan fingerprint density at radius 3 is 2.52 bits per heavy atom. The third-order valence-corrected chi connectivity index (χ3v) is 5.43. The van der Waals surface area contributed by atoms with Crippen LogP contribution in [0.2, 0.25) is 0 Å². The van der Waals surface area contributed by atoms with Gasteiger partial charge in [-0.15, -0.1) is 10.2 Å². The number of nitrogens with two attached hydrogens (primary N) is 1. The topological polar surface area (TPSA) is 182 Å². The van der Waals surface area contributed by atoms with Crippen LogP contribution in [0.25, 0.3) is 5.82 Å². The Morgan fingerprint density at radius 1 is 1.25 bits per heavy atom. The minimum absolute atomic E-state index is 0.0846. The van der Waals surface area contributed by atoms with Crippen LogP contribution < -0.4 is 20.9 Å². The number of benzene rings is 2. The molecule has 0 aliphatic carbocycles. The Bertz CT molecular complexity index is 1500. The maximum absolute atomic E-state index is 15.7. The smallest absolute Gasteiger partial charge is 0.349 e. The lowest BCUT2D eigenvalue weighted by Crippen LogP contribution is -2.17. The normalized spacial score (nSPS) is 11.2. The molecule has 0 saturated carbocycles. The summed E-state index contributed by atoms with van der Waals surface area (Å²) in [6.45, 7) is -0.0490. The Hall–Kier alpha value is -5.14. The van der Waals surface area contributed by atoms with E-state index in [-0.39, 0.29) is 47.6 Å². The lowest BCUT2D eigenvalue weighted by Gasteiger charge is -2.19. The molecular formula is C26H27F2N7O5. The van der Waals surface area contributed by atoms with Gasteiger partial charge in [0.1, 0.15) is 30.7 Å². The molecule has 40 heavy (non-hydrogen) atoms.